The zero-order valence-electron chi connectivity index (χ0n) is 12.5. The molecule has 1 unspecified atom stereocenters. The van der Waals surface area contributed by atoms with Crippen molar-refractivity contribution >= 4 is 0 Å². The Morgan fingerprint density at radius 1 is 0.667 bits per heavy atom. The summed E-state index contributed by atoms with van der Waals surface area (Å²) in [5.74, 6) is 0. The maximum absolute atomic E-state index is 9.94. The molecule has 0 bridgehead atoms. The van der Waals surface area contributed by atoms with E-state index < -0.39 is 74.6 Å². The topological polar surface area (TPSA) is 190 Å². The Morgan fingerprint density at radius 2 is 1.25 bits per heavy atom. The van der Waals surface area contributed by atoms with Crippen LogP contribution in [0, 0.1) is 0 Å². The predicted octanol–water partition coefficient (Wildman–Crippen LogP) is -5.40. The number of hydrogen-bond donors (Lipinski definition) is 8. The molecular weight excluding hydrogens is 368 g/mol. The van der Waals surface area contributed by atoms with E-state index in [9.17, 15) is 35.7 Å². The summed E-state index contributed by atoms with van der Waals surface area (Å²) in [6.07, 6.45) is -15.6. The van der Waals surface area contributed by atoms with Gasteiger partial charge in [0.1, 0.15) is 48.8 Å². The zero-order valence-corrected chi connectivity index (χ0v) is 14.1. The third-order valence-corrected chi connectivity index (χ3v) is 3.98. The van der Waals surface area contributed by atoms with E-state index in [-0.39, 0.29) is 21.7 Å². The summed E-state index contributed by atoms with van der Waals surface area (Å²) >= 11 is 0. The quantitative estimate of drug-likeness (QED) is 0.214. The second-order valence-corrected chi connectivity index (χ2v) is 5.53. The fraction of sp³-hybridized carbons (Fsp3) is 1.00. The van der Waals surface area contributed by atoms with Gasteiger partial charge in [0.05, 0.1) is 13.2 Å². The average molecular weight is 390 g/mol. The number of aliphatic hydroxyl groups is 8. The van der Waals surface area contributed by atoms with Gasteiger partial charge < -0.3 is 55.1 Å². The molecule has 0 spiro atoms. The molecule has 2 saturated heterocycles. The van der Waals surface area contributed by atoms with Crippen LogP contribution < -0.4 is 0 Å². The third kappa shape index (κ3) is 4.33. The van der Waals surface area contributed by atoms with Crippen LogP contribution in [-0.4, -0.2) is 115 Å². The van der Waals surface area contributed by atoms with Crippen LogP contribution in [0.4, 0.5) is 0 Å². The van der Waals surface area contributed by atoms with Crippen LogP contribution in [0.5, 0.6) is 0 Å². The number of hydrogen-bond acceptors (Lipinski definition) is 11. The van der Waals surface area contributed by atoms with Crippen molar-refractivity contribution in [2.24, 2.45) is 0 Å². The minimum atomic E-state index is -1.74. The number of rotatable bonds is 4. The Kier molecular flexibility index (Phi) is 8.63. The summed E-state index contributed by atoms with van der Waals surface area (Å²) < 4.78 is 15.3. The first-order valence-electron chi connectivity index (χ1n) is 7.08. The molecular formula is C12H22O11Ti. The van der Waals surface area contributed by atoms with Crippen LogP contribution in [0.2, 0.25) is 0 Å². The second-order valence-electron chi connectivity index (χ2n) is 5.53. The summed E-state index contributed by atoms with van der Waals surface area (Å²) in [4.78, 5) is 0. The Bertz CT molecular complexity index is 384. The molecule has 0 saturated carbocycles. The molecule has 0 aromatic heterocycles. The molecule has 0 amide bonds. The molecule has 2 aliphatic rings. The largest absolute Gasteiger partial charge is 0.394 e. The van der Waals surface area contributed by atoms with Gasteiger partial charge in [-0.15, -0.1) is 0 Å². The molecule has 0 aromatic carbocycles. The van der Waals surface area contributed by atoms with E-state index >= 15 is 0 Å². The third-order valence-electron chi connectivity index (χ3n) is 3.98. The van der Waals surface area contributed by atoms with Gasteiger partial charge in [-0.2, -0.15) is 0 Å². The molecule has 10 atom stereocenters. The van der Waals surface area contributed by atoms with Crippen molar-refractivity contribution in [2.75, 3.05) is 13.2 Å². The van der Waals surface area contributed by atoms with E-state index in [0.717, 1.165) is 0 Å². The molecule has 2 heterocycles. The smallest absolute Gasteiger partial charge is 0.187 e. The van der Waals surface area contributed by atoms with E-state index in [4.69, 9.17) is 19.3 Å². The minimum Gasteiger partial charge on any atom is -0.394 e. The molecule has 0 radical (unpaired) electrons. The summed E-state index contributed by atoms with van der Waals surface area (Å²) in [6, 6.07) is 0. The second kappa shape index (κ2) is 9.28. The maximum atomic E-state index is 9.94. The Hall–Kier alpha value is 0.274. The number of aliphatic hydroxyl groups excluding tert-OH is 8. The summed E-state index contributed by atoms with van der Waals surface area (Å²) in [5.41, 5.74) is 0. The normalized spacial score (nSPS) is 49.5. The van der Waals surface area contributed by atoms with E-state index in [1.54, 1.807) is 0 Å². The minimum absolute atomic E-state index is 0. The van der Waals surface area contributed by atoms with Gasteiger partial charge in [0.2, 0.25) is 0 Å². The SMILES string of the molecule is OC[C@H]1O[C@@H](O[C@H]2[C@H](O)[C@@H](O)C(O)O[C@@H]2CO)[C@H](O)[C@@H](O)[C@H]1O.[Ti]. The molecule has 140 valence electrons. The van der Waals surface area contributed by atoms with Gasteiger partial charge >= 0.3 is 0 Å². The van der Waals surface area contributed by atoms with Crippen molar-refractivity contribution in [3.63, 3.8) is 0 Å². The van der Waals surface area contributed by atoms with E-state index in [2.05, 4.69) is 0 Å². The summed E-state index contributed by atoms with van der Waals surface area (Å²) in [5, 5.41) is 76.5. The van der Waals surface area contributed by atoms with Gasteiger partial charge in [0, 0.05) is 21.7 Å². The van der Waals surface area contributed by atoms with Gasteiger partial charge in [-0.1, -0.05) is 0 Å². The van der Waals surface area contributed by atoms with E-state index in [1.165, 1.54) is 0 Å². The van der Waals surface area contributed by atoms with Gasteiger partial charge in [-0.05, 0) is 0 Å². The van der Waals surface area contributed by atoms with Crippen molar-refractivity contribution in [1.82, 2.24) is 0 Å². The Morgan fingerprint density at radius 3 is 1.79 bits per heavy atom. The molecule has 24 heavy (non-hydrogen) atoms. The Balaban J connectivity index is 0.00000288. The monoisotopic (exact) mass is 390 g/mol. The van der Waals surface area contributed by atoms with Crippen LogP contribution in [0.1, 0.15) is 0 Å². The van der Waals surface area contributed by atoms with E-state index in [0.29, 0.717) is 0 Å². The number of ether oxygens (including phenoxy) is 3. The first kappa shape index (κ1) is 22.3. The van der Waals surface area contributed by atoms with Crippen LogP contribution in [0.25, 0.3) is 0 Å². The van der Waals surface area contributed by atoms with Gasteiger partial charge in [-0.25, -0.2) is 0 Å². The average Bonchev–Trinajstić information content (AvgIpc) is 2.55. The van der Waals surface area contributed by atoms with Crippen molar-refractivity contribution in [2.45, 2.75) is 61.4 Å². The van der Waals surface area contributed by atoms with Crippen LogP contribution in [-0.2, 0) is 35.9 Å². The predicted molar refractivity (Wildman–Crippen MR) is 68.6 cm³/mol. The zero-order chi connectivity index (χ0) is 17.3. The fourth-order valence-corrected chi connectivity index (χ4v) is 2.57. The van der Waals surface area contributed by atoms with Crippen molar-refractivity contribution in [1.29, 1.82) is 0 Å². The molecule has 0 aromatic rings. The van der Waals surface area contributed by atoms with Crippen LogP contribution in [0.15, 0.2) is 0 Å². The van der Waals surface area contributed by atoms with Gasteiger partial charge in [0.15, 0.2) is 12.6 Å². The standard InChI is InChI=1S/C12H22O11.Ti/c13-1-3-5(15)6(16)9(19)12(22-3)23-10-4(2-14)21-11(20)8(18)7(10)17;/h3-20H,1-2H2;/t3-,4-,5+,6+,7-,8-,9-,10-,11?,12+;/m1./s1. The summed E-state index contributed by atoms with van der Waals surface area (Å²) in [6.45, 7) is -1.35. The molecule has 2 aliphatic heterocycles. The Labute approximate surface area is 151 Å². The van der Waals surface area contributed by atoms with E-state index in [1.807, 2.05) is 0 Å². The van der Waals surface area contributed by atoms with Crippen LogP contribution >= 0.6 is 0 Å². The first-order chi connectivity index (χ1) is 10.8. The van der Waals surface area contributed by atoms with Crippen molar-refractivity contribution < 1.29 is 76.8 Å². The molecule has 12 heteroatoms. The van der Waals surface area contributed by atoms with Crippen LogP contribution in [0.3, 0.4) is 0 Å². The molecule has 2 fully saturated rings. The molecule has 11 nitrogen and oxygen atoms in total. The molecule has 2 rings (SSSR count). The molecule has 8 N–H and O–H groups in total. The maximum Gasteiger partial charge on any atom is 0.187 e. The first-order valence-corrected chi connectivity index (χ1v) is 7.08. The summed E-state index contributed by atoms with van der Waals surface area (Å²) in [7, 11) is 0. The van der Waals surface area contributed by atoms with Crippen molar-refractivity contribution in [3.05, 3.63) is 0 Å². The van der Waals surface area contributed by atoms with Gasteiger partial charge in [-0.3, -0.25) is 0 Å². The van der Waals surface area contributed by atoms with Gasteiger partial charge in [0.25, 0.3) is 0 Å². The fourth-order valence-electron chi connectivity index (χ4n) is 2.57. The van der Waals surface area contributed by atoms with Crippen molar-refractivity contribution in [3.8, 4) is 0 Å². The molecule has 0 aliphatic carbocycles.